The first-order valence-corrected chi connectivity index (χ1v) is 10.4. The number of methoxy groups -OCH3 is 1. The van der Waals surface area contributed by atoms with Crippen LogP contribution in [0.15, 0.2) is 30.3 Å². The highest BCUT2D eigenvalue weighted by Crippen LogP contribution is 2.38. The molecule has 0 N–H and O–H groups in total. The molecule has 0 spiro atoms. The van der Waals surface area contributed by atoms with Gasteiger partial charge in [-0.3, -0.25) is 14.9 Å². The van der Waals surface area contributed by atoms with Gasteiger partial charge in [-0.1, -0.05) is 18.9 Å². The number of carbonyl (C=O) groups is 1. The minimum Gasteiger partial charge on any atom is -0.493 e. The SMILES string of the molecule is COc1cc(C(=O)N(Cc2ccc3c(c2)OCO3)C2CCCC2)c([N+](=O)[O-])cc1OC(F)F. The average Bonchev–Trinajstić information content (AvgIpc) is 3.48. The molecular formula is C22H22F2N2O7. The first-order valence-electron chi connectivity index (χ1n) is 10.4. The summed E-state index contributed by atoms with van der Waals surface area (Å²) in [7, 11) is 1.20. The maximum Gasteiger partial charge on any atom is 0.387 e. The Balaban J connectivity index is 1.71. The first kappa shape index (κ1) is 22.6. The van der Waals surface area contributed by atoms with Crippen LogP contribution in [0.1, 0.15) is 41.6 Å². The molecule has 1 aliphatic heterocycles. The molecule has 0 saturated heterocycles. The van der Waals surface area contributed by atoms with Crippen molar-refractivity contribution in [1.29, 1.82) is 0 Å². The molecule has 4 rings (SSSR count). The number of hydrogen-bond acceptors (Lipinski definition) is 7. The van der Waals surface area contributed by atoms with Crippen molar-refractivity contribution in [2.45, 2.75) is 44.9 Å². The summed E-state index contributed by atoms with van der Waals surface area (Å²) in [6.45, 7) is -2.90. The van der Waals surface area contributed by atoms with Crippen LogP contribution in [0.4, 0.5) is 14.5 Å². The highest BCUT2D eigenvalue weighted by Gasteiger charge is 2.33. The molecule has 1 fully saturated rings. The van der Waals surface area contributed by atoms with E-state index in [0.717, 1.165) is 43.4 Å². The number of ether oxygens (including phenoxy) is 4. The van der Waals surface area contributed by atoms with Crippen molar-refractivity contribution < 1.29 is 37.4 Å². The molecule has 0 bridgehead atoms. The molecule has 0 unspecified atom stereocenters. The van der Waals surface area contributed by atoms with Crippen molar-refractivity contribution in [2.24, 2.45) is 0 Å². The highest BCUT2D eigenvalue weighted by atomic mass is 19.3. The van der Waals surface area contributed by atoms with Gasteiger partial charge >= 0.3 is 6.61 Å². The Morgan fingerprint density at radius 1 is 1.18 bits per heavy atom. The van der Waals surface area contributed by atoms with Crippen LogP contribution in [-0.4, -0.2) is 42.3 Å². The van der Waals surface area contributed by atoms with E-state index in [1.54, 1.807) is 23.1 Å². The predicted octanol–water partition coefficient (Wildman–Crippen LogP) is 4.52. The molecule has 2 aromatic rings. The Morgan fingerprint density at radius 3 is 2.58 bits per heavy atom. The third-order valence-corrected chi connectivity index (χ3v) is 5.74. The second-order valence-corrected chi connectivity index (χ2v) is 7.71. The molecule has 33 heavy (non-hydrogen) atoms. The summed E-state index contributed by atoms with van der Waals surface area (Å²) in [5, 5.41) is 11.7. The standard InChI is InChI=1S/C22H22F2N2O7/c1-30-18-9-15(16(26(28)29)10-20(18)33-22(23)24)21(27)25(14-4-2-3-5-14)11-13-6-7-17-19(8-13)32-12-31-17/h6-10,14,22H,2-5,11-12H2,1H3. The van der Waals surface area contributed by atoms with Crippen LogP contribution in [0, 0.1) is 10.1 Å². The van der Waals surface area contributed by atoms with E-state index < -0.39 is 28.9 Å². The second-order valence-electron chi connectivity index (χ2n) is 7.71. The van der Waals surface area contributed by atoms with Gasteiger partial charge in [0.1, 0.15) is 5.56 Å². The van der Waals surface area contributed by atoms with Crippen molar-refractivity contribution in [3.63, 3.8) is 0 Å². The topological polar surface area (TPSA) is 100 Å². The number of halogens is 2. The van der Waals surface area contributed by atoms with Crippen LogP contribution in [-0.2, 0) is 6.54 Å². The number of rotatable bonds is 8. The number of carbonyl (C=O) groups excluding carboxylic acids is 1. The molecule has 1 amide bonds. The van der Waals surface area contributed by atoms with Crippen LogP contribution < -0.4 is 18.9 Å². The van der Waals surface area contributed by atoms with Crippen LogP contribution >= 0.6 is 0 Å². The van der Waals surface area contributed by atoms with Crippen molar-refractivity contribution in [3.05, 3.63) is 51.6 Å². The fourth-order valence-corrected chi connectivity index (χ4v) is 4.19. The molecule has 1 heterocycles. The number of fused-ring (bicyclic) bond motifs is 1. The minimum absolute atomic E-state index is 0.114. The van der Waals surface area contributed by atoms with E-state index in [-0.39, 0.29) is 30.7 Å². The van der Waals surface area contributed by atoms with Crippen LogP contribution in [0.2, 0.25) is 0 Å². The molecule has 1 saturated carbocycles. The van der Waals surface area contributed by atoms with E-state index in [0.29, 0.717) is 11.5 Å². The van der Waals surface area contributed by atoms with Gasteiger partial charge in [-0.05, 0) is 30.5 Å². The second kappa shape index (κ2) is 9.47. The number of benzene rings is 2. The summed E-state index contributed by atoms with van der Waals surface area (Å²) in [5.41, 5.74) is -0.122. The zero-order valence-electron chi connectivity index (χ0n) is 17.8. The molecular weight excluding hydrogens is 442 g/mol. The van der Waals surface area contributed by atoms with E-state index >= 15 is 0 Å². The van der Waals surface area contributed by atoms with Gasteiger partial charge < -0.3 is 23.8 Å². The third-order valence-electron chi connectivity index (χ3n) is 5.74. The molecule has 9 nitrogen and oxygen atoms in total. The average molecular weight is 464 g/mol. The van der Waals surface area contributed by atoms with Crippen molar-refractivity contribution >= 4 is 11.6 Å². The van der Waals surface area contributed by atoms with Gasteiger partial charge in [-0.2, -0.15) is 8.78 Å². The summed E-state index contributed by atoms with van der Waals surface area (Å²) in [4.78, 5) is 26.1. The Kier molecular flexibility index (Phi) is 6.47. The molecule has 2 aromatic carbocycles. The lowest BCUT2D eigenvalue weighted by molar-refractivity contribution is -0.385. The lowest BCUT2D eigenvalue weighted by Crippen LogP contribution is -2.38. The molecule has 2 aliphatic rings. The Bertz CT molecular complexity index is 1060. The first-order chi connectivity index (χ1) is 15.9. The minimum atomic E-state index is -3.21. The van der Waals surface area contributed by atoms with E-state index in [4.69, 9.17) is 14.2 Å². The molecule has 1 aliphatic carbocycles. The number of nitro benzene ring substituents is 1. The summed E-state index contributed by atoms with van der Waals surface area (Å²) in [5.74, 6) is -0.134. The maximum absolute atomic E-state index is 13.6. The normalized spacial score (nSPS) is 15.0. The van der Waals surface area contributed by atoms with E-state index in [1.807, 2.05) is 0 Å². The number of alkyl halides is 2. The number of nitrogens with zero attached hydrogens (tertiary/aromatic N) is 2. The third kappa shape index (κ3) is 4.76. The van der Waals surface area contributed by atoms with Crippen LogP contribution in [0.25, 0.3) is 0 Å². The Morgan fingerprint density at radius 2 is 1.91 bits per heavy atom. The zero-order valence-corrected chi connectivity index (χ0v) is 17.8. The highest BCUT2D eigenvalue weighted by molar-refractivity contribution is 5.99. The number of hydrogen-bond donors (Lipinski definition) is 0. The van der Waals surface area contributed by atoms with Crippen molar-refractivity contribution in [1.82, 2.24) is 4.90 Å². The van der Waals surface area contributed by atoms with Crippen molar-refractivity contribution in [3.8, 4) is 23.0 Å². The molecule has 11 heteroatoms. The van der Waals surface area contributed by atoms with Gasteiger partial charge in [0.05, 0.1) is 18.1 Å². The van der Waals surface area contributed by atoms with Crippen LogP contribution in [0.3, 0.4) is 0 Å². The quantitative estimate of drug-likeness (QED) is 0.418. The molecule has 0 atom stereocenters. The van der Waals surface area contributed by atoms with Gasteiger partial charge in [0.2, 0.25) is 6.79 Å². The Labute approximate surface area is 187 Å². The molecule has 0 aromatic heterocycles. The molecule has 176 valence electrons. The monoisotopic (exact) mass is 464 g/mol. The summed E-state index contributed by atoms with van der Waals surface area (Å²) in [6, 6.07) is 7.08. The van der Waals surface area contributed by atoms with Crippen LogP contribution in [0.5, 0.6) is 23.0 Å². The van der Waals surface area contributed by atoms with Gasteiger partial charge in [0.25, 0.3) is 11.6 Å². The molecule has 0 radical (unpaired) electrons. The lowest BCUT2D eigenvalue weighted by Gasteiger charge is -2.29. The summed E-state index contributed by atoms with van der Waals surface area (Å²) < 4.78 is 45.7. The Hall–Kier alpha value is -3.63. The fourth-order valence-electron chi connectivity index (χ4n) is 4.19. The van der Waals surface area contributed by atoms with Gasteiger partial charge in [0, 0.05) is 18.7 Å². The van der Waals surface area contributed by atoms with E-state index in [1.165, 1.54) is 7.11 Å². The van der Waals surface area contributed by atoms with E-state index in [2.05, 4.69) is 4.74 Å². The van der Waals surface area contributed by atoms with Gasteiger partial charge in [-0.25, -0.2) is 0 Å². The van der Waals surface area contributed by atoms with E-state index in [9.17, 15) is 23.7 Å². The van der Waals surface area contributed by atoms with Gasteiger partial charge in [-0.15, -0.1) is 0 Å². The zero-order chi connectivity index (χ0) is 23.5. The smallest absolute Gasteiger partial charge is 0.387 e. The summed E-state index contributed by atoms with van der Waals surface area (Å²) in [6.07, 6.45) is 3.38. The lowest BCUT2D eigenvalue weighted by atomic mass is 10.1. The number of amides is 1. The largest absolute Gasteiger partial charge is 0.493 e. The predicted molar refractivity (Wildman–Crippen MR) is 111 cm³/mol. The maximum atomic E-state index is 13.6. The van der Waals surface area contributed by atoms with Crippen molar-refractivity contribution in [2.75, 3.05) is 13.9 Å². The fraction of sp³-hybridized carbons (Fsp3) is 0.409. The van der Waals surface area contributed by atoms with Gasteiger partial charge in [0.15, 0.2) is 23.0 Å². The number of nitro groups is 1. The summed E-state index contributed by atoms with van der Waals surface area (Å²) >= 11 is 0.